The average molecular weight is 875 g/mol. The molecular formula is C47H54F6O5P2. The maximum Gasteiger partial charge on any atom is 0.417 e. The second-order valence-corrected chi connectivity index (χ2v) is 21.3. The highest BCUT2D eigenvalue weighted by molar-refractivity contribution is 7.95. The second-order valence-electron chi connectivity index (χ2n) is 16.3. The summed E-state index contributed by atoms with van der Waals surface area (Å²) in [5.74, 6) is 0. The Balaban J connectivity index is 0.000000327. The largest absolute Gasteiger partial charge is 0.417 e. The van der Waals surface area contributed by atoms with Gasteiger partial charge in [-0.15, -0.1) is 0 Å². The van der Waals surface area contributed by atoms with Crippen LogP contribution in [-0.4, -0.2) is 34.4 Å². The van der Waals surface area contributed by atoms with Crippen molar-refractivity contribution in [2.24, 2.45) is 0 Å². The first-order valence-electron chi connectivity index (χ1n) is 19.6. The maximum atomic E-state index is 14.0. The van der Waals surface area contributed by atoms with Crippen LogP contribution in [0.4, 0.5) is 26.3 Å². The molecule has 0 radical (unpaired) electrons. The fourth-order valence-electron chi connectivity index (χ4n) is 7.34. The minimum Gasteiger partial charge on any atom is -0.307 e. The third-order valence-corrected chi connectivity index (χ3v) is 15.1. The summed E-state index contributed by atoms with van der Waals surface area (Å²) in [6, 6.07) is 14.4. The Labute approximate surface area is 350 Å². The molecule has 0 fully saturated rings. The first kappa shape index (κ1) is 50.2. The lowest BCUT2D eigenvalue weighted by Crippen LogP contribution is -2.21. The van der Waals surface area contributed by atoms with Gasteiger partial charge >= 0.3 is 12.4 Å². The number of aryl methyl sites for hydroxylation is 7. The van der Waals surface area contributed by atoms with E-state index in [0.717, 1.165) is 39.8 Å². The molecule has 2 unspecified atom stereocenters. The standard InChI is InChI=1S/C24H25F6O2P.C23H29O3P/c1-7-33(20(31)18-13(2)11-15(12-14(18)3)22(4,5)6)21(32)19-16(23(25,26)27)9-8-10-17(19)24(28,29)30;1-7-8-12-27(26,22(24)20-16(3)10-9-11-17(20)4)23(25)21-18(5)13-15(2)14-19(21)6/h8-12H,7H2,1-6H3;9-11,13-14H,7-8,12H2,1-6H3. The lowest BCUT2D eigenvalue weighted by atomic mass is 9.84. The summed E-state index contributed by atoms with van der Waals surface area (Å²) >= 11 is 0. The van der Waals surface area contributed by atoms with Crippen LogP contribution in [0.1, 0.15) is 145 Å². The first-order chi connectivity index (χ1) is 27.5. The molecule has 0 N–H and O–H groups in total. The zero-order valence-electron chi connectivity index (χ0n) is 36.3. The summed E-state index contributed by atoms with van der Waals surface area (Å²) in [6.07, 6.45) is -9.07. The predicted octanol–water partition coefficient (Wildman–Crippen LogP) is 14.5. The molecule has 0 saturated carbocycles. The molecule has 5 nitrogen and oxygen atoms in total. The Morgan fingerprint density at radius 3 is 1.33 bits per heavy atom. The van der Waals surface area contributed by atoms with Gasteiger partial charge in [-0.2, -0.15) is 26.3 Å². The molecule has 0 aliphatic heterocycles. The second kappa shape index (κ2) is 19.2. The van der Waals surface area contributed by atoms with Gasteiger partial charge in [0.25, 0.3) is 0 Å². The van der Waals surface area contributed by atoms with E-state index in [0.29, 0.717) is 46.9 Å². The zero-order chi connectivity index (χ0) is 45.9. The van der Waals surface area contributed by atoms with Crippen molar-refractivity contribution in [3.8, 4) is 0 Å². The SMILES string of the molecule is CCCCP(=O)(C(=O)c1c(C)cccc1C)C(=O)c1c(C)cc(C)cc1C.CCP(C(=O)c1c(C)cc(C(C)(C)C)cc1C)C(=O)c1c(C(F)(F)F)cccc1C(F)(F)F. The third kappa shape index (κ3) is 11.0. The van der Waals surface area contributed by atoms with E-state index in [1.807, 2.05) is 92.6 Å². The number of alkyl halides is 6. The van der Waals surface area contributed by atoms with E-state index in [1.54, 1.807) is 26.0 Å². The van der Waals surface area contributed by atoms with Crippen molar-refractivity contribution in [2.45, 2.75) is 114 Å². The smallest absolute Gasteiger partial charge is 0.307 e. The number of carbonyl (C=O) groups excluding carboxylic acids is 4. The summed E-state index contributed by atoms with van der Waals surface area (Å²) in [7, 11) is -6.27. The van der Waals surface area contributed by atoms with Gasteiger partial charge in [0.2, 0.25) is 18.2 Å². The van der Waals surface area contributed by atoms with Gasteiger partial charge in [0, 0.05) is 36.3 Å². The van der Waals surface area contributed by atoms with Gasteiger partial charge in [-0.25, -0.2) is 0 Å². The fraction of sp³-hybridized carbons (Fsp3) is 0.404. The Morgan fingerprint density at radius 2 is 0.950 bits per heavy atom. The van der Waals surface area contributed by atoms with Gasteiger partial charge < -0.3 is 4.57 Å². The van der Waals surface area contributed by atoms with Crippen LogP contribution in [0, 0.1) is 48.5 Å². The number of benzene rings is 4. The number of rotatable bonds is 12. The van der Waals surface area contributed by atoms with Gasteiger partial charge in [-0.1, -0.05) is 95.1 Å². The molecule has 0 spiro atoms. The summed E-state index contributed by atoms with van der Waals surface area (Å²) in [5.41, 5.74) is -1.06. The van der Waals surface area contributed by atoms with Crippen molar-refractivity contribution in [1.29, 1.82) is 0 Å². The van der Waals surface area contributed by atoms with Crippen molar-refractivity contribution < 1.29 is 50.1 Å². The predicted molar refractivity (Wildman–Crippen MR) is 230 cm³/mol. The van der Waals surface area contributed by atoms with E-state index in [1.165, 1.54) is 6.92 Å². The van der Waals surface area contributed by atoms with Crippen LogP contribution < -0.4 is 0 Å². The van der Waals surface area contributed by atoms with Gasteiger partial charge in [0.15, 0.2) is 11.0 Å². The van der Waals surface area contributed by atoms with Gasteiger partial charge in [0.1, 0.15) is 0 Å². The van der Waals surface area contributed by atoms with E-state index >= 15 is 0 Å². The van der Waals surface area contributed by atoms with E-state index in [4.69, 9.17) is 0 Å². The number of hydrogen-bond acceptors (Lipinski definition) is 5. The molecule has 0 aromatic heterocycles. The molecule has 2 atom stereocenters. The molecule has 0 amide bonds. The Morgan fingerprint density at radius 1 is 0.567 bits per heavy atom. The number of halogens is 6. The fourth-order valence-corrected chi connectivity index (χ4v) is 12.0. The molecule has 4 aromatic rings. The minimum absolute atomic E-state index is 0.127. The normalized spacial score (nSPS) is 13.5. The molecule has 4 rings (SSSR count). The van der Waals surface area contributed by atoms with E-state index < -0.39 is 66.2 Å². The zero-order valence-corrected chi connectivity index (χ0v) is 38.1. The molecule has 13 heteroatoms. The van der Waals surface area contributed by atoms with E-state index in [9.17, 15) is 50.1 Å². The lowest BCUT2D eigenvalue weighted by molar-refractivity contribution is -0.143. The quantitative estimate of drug-likeness (QED) is 0.105. The summed E-state index contributed by atoms with van der Waals surface area (Å²) in [4.78, 5) is 53.5. The van der Waals surface area contributed by atoms with Crippen molar-refractivity contribution in [3.05, 3.63) is 139 Å². The highest BCUT2D eigenvalue weighted by Crippen LogP contribution is 2.54. The molecule has 60 heavy (non-hydrogen) atoms. The molecule has 0 aliphatic carbocycles. The minimum atomic E-state index is -5.19. The van der Waals surface area contributed by atoms with E-state index in [-0.39, 0.29) is 23.3 Å². The summed E-state index contributed by atoms with van der Waals surface area (Å²) < 4.78 is 95.3. The van der Waals surface area contributed by atoms with Gasteiger partial charge in [-0.3, -0.25) is 19.2 Å². The molecule has 0 aliphatic rings. The molecule has 0 heterocycles. The molecule has 324 valence electrons. The first-order valence-corrected chi connectivity index (χ1v) is 23.0. The highest BCUT2D eigenvalue weighted by atomic mass is 31.2. The van der Waals surface area contributed by atoms with Crippen molar-refractivity contribution in [1.82, 2.24) is 0 Å². The van der Waals surface area contributed by atoms with Gasteiger partial charge in [-0.05, 0) is 118 Å². The molecule has 4 aromatic carbocycles. The average Bonchev–Trinajstić information content (AvgIpc) is 3.12. The van der Waals surface area contributed by atoms with Crippen LogP contribution in [0.25, 0.3) is 0 Å². The Hall–Kier alpha value is -4.20. The number of carbonyl (C=O) groups is 4. The topological polar surface area (TPSA) is 85.3 Å². The van der Waals surface area contributed by atoms with Gasteiger partial charge in [0.05, 0.1) is 11.1 Å². The highest BCUT2D eigenvalue weighted by Gasteiger charge is 2.45. The summed E-state index contributed by atoms with van der Waals surface area (Å²) in [5, 5.41) is 0. The number of unbranched alkanes of at least 4 members (excludes halogenated alkanes) is 1. The van der Waals surface area contributed by atoms with Crippen LogP contribution in [0.2, 0.25) is 0 Å². The third-order valence-electron chi connectivity index (χ3n) is 10.4. The summed E-state index contributed by atoms with van der Waals surface area (Å²) in [6.45, 7) is 21.9. The van der Waals surface area contributed by atoms with Crippen LogP contribution in [-0.2, 0) is 22.3 Å². The monoisotopic (exact) mass is 874 g/mol. The Kier molecular flexibility index (Phi) is 16.1. The maximum absolute atomic E-state index is 14.0. The molecular weight excluding hydrogens is 820 g/mol. The van der Waals surface area contributed by atoms with Crippen LogP contribution in [0.3, 0.4) is 0 Å². The van der Waals surface area contributed by atoms with Crippen molar-refractivity contribution in [2.75, 3.05) is 12.3 Å². The lowest BCUT2D eigenvalue weighted by Gasteiger charge is -2.24. The number of hydrogen-bond donors (Lipinski definition) is 0. The van der Waals surface area contributed by atoms with E-state index in [2.05, 4.69) is 0 Å². The Bertz CT molecular complexity index is 2250. The molecule has 0 saturated heterocycles. The van der Waals surface area contributed by atoms with Crippen LogP contribution in [0.5, 0.6) is 0 Å². The van der Waals surface area contributed by atoms with Crippen molar-refractivity contribution in [3.63, 3.8) is 0 Å². The molecule has 0 bridgehead atoms. The van der Waals surface area contributed by atoms with Crippen molar-refractivity contribution >= 4 is 37.2 Å². The van der Waals surface area contributed by atoms with Crippen LogP contribution in [0.15, 0.2) is 60.7 Å². The van der Waals surface area contributed by atoms with Crippen LogP contribution >= 0.6 is 15.1 Å².